The van der Waals surface area contributed by atoms with E-state index in [9.17, 15) is 0 Å². The van der Waals surface area contributed by atoms with Gasteiger partial charge in [0.1, 0.15) is 5.82 Å². The summed E-state index contributed by atoms with van der Waals surface area (Å²) >= 11 is 0. The topological polar surface area (TPSA) is 56.8 Å². The van der Waals surface area contributed by atoms with Crippen LogP contribution < -0.4 is 5.32 Å². The second-order valence-electron chi connectivity index (χ2n) is 5.36. The second kappa shape index (κ2) is 5.63. The highest BCUT2D eigenvalue weighted by atomic mass is 15.2. The van der Waals surface area contributed by atoms with Gasteiger partial charge in [-0.25, -0.2) is 4.98 Å². The number of aromatic amines is 1. The summed E-state index contributed by atoms with van der Waals surface area (Å²) in [5.41, 5.74) is 3.76. The summed E-state index contributed by atoms with van der Waals surface area (Å²) in [6.45, 7) is 4.17. The Bertz CT molecular complexity index is 577. The van der Waals surface area contributed by atoms with Crippen LogP contribution in [0.25, 0.3) is 0 Å². The van der Waals surface area contributed by atoms with Crippen LogP contribution >= 0.6 is 0 Å². The van der Waals surface area contributed by atoms with Crippen molar-refractivity contribution in [2.24, 2.45) is 0 Å². The standard InChI is InChI=1S/C15H21N5/c1-11-9-18-19-14(11)13-6-4-8-20(13)10-12-5-3-7-17-15(12)16-2/h3,5,7,9,13H,4,6,8,10H2,1-2H3,(H,16,17)(H,18,19). The molecule has 0 amide bonds. The van der Waals surface area contributed by atoms with Crippen LogP contribution in [-0.2, 0) is 6.54 Å². The van der Waals surface area contributed by atoms with Crippen molar-refractivity contribution in [2.45, 2.75) is 32.4 Å². The summed E-state index contributed by atoms with van der Waals surface area (Å²) in [6, 6.07) is 4.60. The van der Waals surface area contributed by atoms with Crippen molar-refractivity contribution in [1.82, 2.24) is 20.1 Å². The smallest absolute Gasteiger partial charge is 0.130 e. The summed E-state index contributed by atoms with van der Waals surface area (Å²) in [5, 5.41) is 10.5. The van der Waals surface area contributed by atoms with E-state index in [1.807, 2.05) is 25.5 Å². The zero-order valence-electron chi connectivity index (χ0n) is 12.1. The number of aromatic nitrogens is 3. The fourth-order valence-electron chi connectivity index (χ4n) is 3.05. The van der Waals surface area contributed by atoms with E-state index < -0.39 is 0 Å². The van der Waals surface area contributed by atoms with Gasteiger partial charge >= 0.3 is 0 Å². The lowest BCUT2D eigenvalue weighted by Crippen LogP contribution is -2.24. The van der Waals surface area contributed by atoms with Crippen molar-refractivity contribution >= 4 is 5.82 Å². The molecule has 0 spiro atoms. The van der Waals surface area contributed by atoms with Crippen LogP contribution in [0.4, 0.5) is 5.82 Å². The quantitative estimate of drug-likeness (QED) is 0.897. The van der Waals surface area contributed by atoms with Crippen LogP contribution in [0.2, 0.25) is 0 Å². The SMILES string of the molecule is CNc1ncccc1CN1CCCC1c1[nH]ncc1C. The molecule has 0 aliphatic carbocycles. The molecule has 0 radical (unpaired) electrons. The van der Waals surface area contributed by atoms with Gasteiger partial charge in [-0.15, -0.1) is 0 Å². The molecule has 1 saturated heterocycles. The maximum atomic E-state index is 4.39. The second-order valence-corrected chi connectivity index (χ2v) is 5.36. The van der Waals surface area contributed by atoms with Crippen molar-refractivity contribution in [1.29, 1.82) is 0 Å². The Labute approximate surface area is 119 Å². The highest BCUT2D eigenvalue weighted by Gasteiger charge is 2.28. The molecule has 0 saturated carbocycles. The number of nitrogens with one attached hydrogen (secondary N) is 2. The molecule has 1 atom stereocenters. The molecule has 1 fully saturated rings. The first-order chi connectivity index (χ1) is 9.79. The van der Waals surface area contributed by atoms with Gasteiger partial charge in [0.2, 0.25) is 0 Å². The van der Waals surface area contributed by atoms with Gasteiger partial charge in [-0.1, -0.05) is 6.07 Å². The Morgan fingerprint density at radius 3 is 3.15 bits per heavy atom. The molecule has 0 bridgehead atoms. The van der Waals surface area contributed by atoms with Gasteiger partial charge in [-0.05, 0) is 37.9 Å². The number of H-pyrrole nitrogens is 1. The maximum Gasteiger partial charge on any atom is 0.130 e. The molecule has 5 heteroatoms. The summed E-state index contributed by atoms with van der Waals surface area (Å²) in [7, 11) is 1.92. The lowest BCUT2D eigenvalue weighted by molar-refractivity contribution is 0.244. The van der Waals surface area contributed by atoms with Crippen LogP contribution in [-0.4, -0.2) is 33.7 Å². The lowest BCUT2D eigenvalue weighted by Gasteiger charge is -2.24. The van der Waals surface area contributed by atoms with E-state index in [4.69, 9.17) is 0 Å². The van der Waals surface area contributed by atoms with E-state index in [-0.39, 0.29) is 0 Å². The van der Waals surface area contributed by atoms with Crippen LogP contribution in [0, 0.1) is 6.92 Å². The van der Waals surface area contributed by atoms with Crippen LogP contribution in [0.1, 0.15) is 35.7 Å². The summed E-state index contributed by atoms with van der Waals surface area (Å²) in [5.74, 6) is 0.972. The largest absolute Gasteiger partial charge is 0.373 e. The van der Waals surface area contributed by atoms with Crippen LogP contribution in [0.3, 0.4) is 0 Å². The van der Waals surface area contributed by atoms with Crippen LogP contribution in [0.15, 0.2) is 24.5 Å². The summed E-state index contributed by atoms with van der Waals surface area (Å²) in [6.07, 6.45) is 6.17. The molecule has 106 valence electrons. The van der Waals surface area contributed by atoms with Crippen molar-refractivity contribution in [3.8, 4) is 0 Å². The third kappa shape index (κ3) is 2.41. The molecule has 20 heavy (non-hydrogen) atoms. The zero-order chi connectivity index (χ0) is 13.9. The predicted molar refractivity (Wildman–Crippen MR) is 79.5 cm³/mol. The molecule has 1 unspecified atom stereocenters. The number of rotatable bonds is 4. The van der Waals surface area contributed by atoms with Gasteiger partial charge in [0.15, 0.2) is 0 Å². The minimum atomic E-state index is 0.447. The third-order valence-corrected chi connectivity index (χ3v) is 4.07. The molecule has 0 aromatic carbocycles. The van der Waals surface area contributed by atoms with Gasteiger partial charge in [0.25, 0.3) is 0 Å². The number of anilines is 1. The molecule has 2 N–H and O–H groups in total. The molecule has 3 heterocycles. The molecule has 5 nitrogen and oxygen atoms in total. The molecule has 1 aliphatic heterocycles. The van der Waals surface area contributed by atoms with E-state index in [2.05, 4.69) is 38.4 Å². The molecule has 2 aromatic heterocycles. The fourth-order valence-corrected chi connectivity index (χ4v) is 3.05. The number of aryl methyl sites for hydroxylation is 1. The van der Waals surface area contributed by atoms with Gasteiger partial charge in [0.05, 0.1) is 17.9 Å². The third-order valence-electron chi connectivity index (χ3n) is 4.07. The first kappa shape index (κ1) is 13.1. The average molecular weight is 271 g/mol. The maximum absolute atomic E-state index is 4.39. The number of pyridine rings is 1. The molecule has 3 rings (SSSR count). The Morgan fingerprint density at radius 1 is 1.50 bits per heavy atom. The fraction of sp³-hybridized carbons (Fsp3) is 0.467. The molecule has 1 aliphatic rings. The van der Waals surface area contributed by atoms with E-state index in [0.717, 1.165) is 18.9 Å². The normalized spacial score (nSPS) is 19.4. The van der Waals surface area contributed by atoms with Gasteiger partial charge in [0, 0.05) is 25.4 Å². The van der Waals surface area contributed by atoms with Crippen LogP contribution in [0.5, 0.6) is 0 Å². The minimum absolute atomic E-state index is 0.447. The Balaban J connectivity index is 1.81. The van der Waals surface area contributed by atoms with Crippen molar-refractivity contribution in [2.75, 3.05) is 18.9 Å². The van der Waals surface area contributed by atoms with Crippen molar-refractivity contribution in [3.63, 3.8) is 0 Å². The first-order valence-corrected chi connectivity index (χ1v) is 7.15. The average Bonchev–Trinajstić information content (AvgIpc) is 3.08. The Kier molecular flexibility index (Phi) is 3.69. The highest BCUT2D eigenvalue weighted by molar-refractivity contribution is 5.43. The van der Waals surface area contributed by atoms with E-state index in [1.165, 1.54) is 29.7 Å². The van der Waals surface area contributed by atoms with E-state index in [1.54, 1.807) is 0 Å². The zero-order valence-corrected chi connectivity index (χ0v) is 12.1. The van der Waals surface area contributed by atoms with Crippen molar-refractivity contribution in [3.05, 3.63) is 41.3 Å². The number of hydrogen-bond acceptors (Lipinski definition) is 4. The van der Waals surface area contributed by atoms with E-state index in [0.29, 0.717) is 6.04 Å². The number of nitrogens with zero attached hydrogens (tertiary/aromatic N) is 3. The van der Waals surface area contributed by atoms with Gasteiger partial charge < -0.3 is 5.32 Å². The lowest BCUT2D eigenvalue weighted by atomic mass is 10.1. The number of hydrogen-bond donors (Lipinski definition) is 2. The monoisotopic (exact) mass is 271 g/mol. The summed E-state index contributed by atoms with van der Waals surface area (Å²) < 4.78 is 0. The molecular weight excluding hydrogens is 250 g/mol. The van der Waals surface area contributed by atoms with Gasteiger partial charge in [-0.3, -0.25) is 10.00 Å². The molecular formula is C15H21N5. The minimum Gasteiger partial charge on any atom is -0.373 e. The van der Waals surface area contributed by atoms with Gasteiger partial charge in [-0.2, -0.15) is 5.10 Å². The number of likely N-dealkylation sites (tertiary alicyclic amines) is 1. The predicted octanol–water partition coefficient (Wildman–Crippen LogP) is 2.49. The Morgan fingerprint density at radius 2 is 2.40 bits per heavy atom. The first-order valence-electron chi connectivity index (χ1n) is 7.15. The molecule has 2 aromatic rings. The Hall–Kier alpha value is -1.88. The summed E-state index contributed by atoms with van der Waals surface area (Å²) in [4.78, 5) is 6.90. The van der Waals surface area contributed by atoms with E-state index >= 15 is 0 Å². The van der Waals surface area contributed by atoms with Crippen molar-refractivity contribution < 1.29 is 0 Å². The highest BCUT2D eigenvalue weighted by Crippen LogP contribution is 2.34.